The lowest BCUT2D eigenvalue weighted by molar-refractivity contribution is -0.182. The van der Waals surface area contributed by atoms with Crippen molar-refractivity contribution in [2.75, 3.05) is 19.7 Å². The predicted molar refractivity (Wildman–Crippen MR) is 38.5 cm³/mol. The third kappa shape index (κ3) is 5.63. The Hall–Kier alpha value is -1.14. The van der Waals surface area contributed by atoms with Crippen molar-refractivity contribution in [3.63, 3.8) is 0 Å². The van der Waals surface area contributed by atoms with Crippen LogP contribution in [0.25, 0.3) is 0 Å². The Labute approximate surface area is 69.3 Å². The molecule has 2 N–H and O–H groups in total. The van der Waals surface area contributed by atoms with Crippen molar-refractivity contribution in [2.24, 2.45) is 0 Å². The van der Waals surface area contributed by atoms with Crippen LogP contribution in [0.3, 0.4) is 0 Å². The number of hydrogen-bond acceptors (Lipinski definition) is 4. The van der Waals surface area contributed by atoms with Gasteiger partial charge in [0.15, 0.2) is 0 Å². The van der Waals surface area contributed by atoms with Crippen LogP contribution in [-0.2, 0) is 14.4 Å². The maximum absolute atomic E-state index is 10.2. The van der Waals surface area contributed by atoms with Gasteiger partial charge in [0, 0.05) is 0 Å². The van der Waals surface area contributed by atoms with Crippen molar-refractivity contribution >= 4 is 11.9 Å². The van der Waals surface area contributed by atoms with Gasteiger partial charge in [-0.25, -0.2) is 0 Å². The first-order valence-corrected chi connectivity index (χ1v) is 3.37. The van der Waals surface area contributed by atoms with Gasteiger partial charge < -0.3 is 10.2 Å². The number of nitrogens with zero attached hydrogens (tertiary/aromatic N) is 1. The standard InChI is InChI=1S/C6H11NO5/c1-2-12-7(3-5(8)9)4-6(10)11/h2-4H2,1H3,(H,8,9)(H,10,11). The summed E-state index contributed by atoms with van der Waals surface area (Å²) in [4.78, 5) is 25.0. The lowest BCUT2D eigenvalue weighted by atomic mass is 10.5. The molecule has 0 aromatic rings. The summed E-state index contributed by atoms with van der Waals surface area (Å²) < 4.78 is 0. The lowest BCUT2D eigenvalue weighted by Crippen LogP contribution is -2.34. The van der Waals surface area contributed by atoms with Gasteiger partial charge >= 0.3 is 11.9 Å². The molecule has 0 heterocycles. The molecular formula is C6H11NO5. The third-order valence-corrected chi connectivity index (χ3v) is 0.935. The van der Waals surface area contributed by atoms with Crippen molar-refractivity contribution in [1.82, 2.24) is 5.06 Å². The first kappa shape index (κ1) is 10.9. The quantitative estimate of drug-likeness (QED) is 0.527. The number of carboxylic acids is 2. The highest BCUT2D eigenvalue weighted by Gasteiger charge is 2.12. The number of rotatable bonds is 6. The van der Waals surface area contributed by atoms with Gasteiger partial charge in [0.1, 0.15) is 13.1 Å². The second-order valence-corrected chi connectivity index (χ2v) is 2.00. The van der Waals surface area contributed by atoms with E-state index in [1.165, 1.54) is 0 Å². The molecule has 0 aliphatic carbocycles. The fraction of sp³-hybridized carbons (Fsp3) is 0.667. The van der Waals surface area contributed by atoms with E-state index in [-0.39, 0.29) is 6.61 Å². The molecule has 0 aromatic carbocycles. The monoisotopic (exact) mass is 177 g/mol. The molecule has 0 fully saturated rings. The number of carbonyl (C=O) groups is 2. The maximum atomic E-state index is 10.2. The SMILES string of the molecule is CCON(CC(=O)O)CC(=O)O. The van der Waals surface area contributed by atoms with Gasteiger partial charge in [-0.1, -0.05) is 0 Å². The Morgan fingerprint density at radius 3 is 1.92 bits per heavy atom. The van der Waals surface area contributed by atoms with Crippen LogP contribution in [0.15, 0.2) is 0 Å². The Morgan fingerprint density at radius 1 is 1.25 bits per heavy atom. The lowest BCUT2D eigenvalue weighted by Gasteiger charge is -2.15. The van der Waals surface area contributed by atoms with Gasteiger partial charge in [-0.15, -0.1) is 0 Å². The first-order chi connectivity index (χ1) is 5.56. The molecule has 0 aromatic heterocycles. The van der Waals surface area contributed by atoms with Crippen LogP contribution in [0, 0.1) is 0 Å². The summed E-state index contributed by atoms with van der Waals surface area (Å²) >= 11 is 0. The normalized spacial score (nSPS) is 10.2. The minimum absolute atomic E-state index is 0.251. The first-order valence-electron chi connectivity index (χ1n) is 3.37. The van der Waals surface area contributed by atoms with Crippen LogP contribution in [-0.4, -0.2) is 46.9 Å². The molecule has 0 rings (SSSR count). The van der Waals surface area contributed by atoms with E-state index in [1.807, 2.05) is 0 Å². The van der Waals surface area contributed by atoms with E-state index in [9.17, 15) is 9.59 Å². The van der Waals surface area contributed by atoms with Crippen LogP contribution in [0.1, 0.15) is 6.92 Å². The molecule has 6 heteroatoms. The molecule has 0 saturated heterocycles. The van der Waals surface area contributed by atoms with Crippen molar-refractivity contribution in [3.05, 3.63) is 0 Å². The minimum atomic E-state index is -1.12. The minimum Gasteiger partial charge on any atom is -0.480 e. The Bertz CT molecular complexity index is 153. The largest absolute Gasteiger partial charge is 0.480 e. The summed E-state index contributed by atoms with van der Waals surface area (Å²) in [7, 11) is 0. The van der Waals surface area contributed by atoms with E-state index < -0.39 is 25.0 Å². The molecular weight excluding hydrogens is 166 g/mol. The van der Waals surface area contributed by atoms with E-state index in [4.69, 9.17) is 15.1 Å². The van der Waals surface area contributed by atoms with Crippen molar-refractivity contribution in [1.29, 1.82) is 0 Å². The second-order valence-electron chi connectivity index (χ2n) is 2.00. The molecule has 12 heavy (non-hydrogen) atoms. The van der Waals surface area contributed by atoms with Gasteiger partial charge in [0.05, 0.1) is 6.61 Å². The molecule has 0 amide bonds. The maximum Gasteiger partial charge on any atom is 0.320 e. The van der Waals surface area contributed by atoms with Crippen LogP contribution < -0.4 is 0 Å². The third-order valence-electron chi connectivity index (χ3n) is 0.935. The van der Waals surface area contributed by atoms with Crippen LogP contribution >= 0.6 is 0 Å². The summed E-state index contributed by atoms with van der Waals surface area (Å²) in [5.41, 5.74) is 0. The molecule has 0 bridgehead atoms. The van der Waals surface area contributed by atoms with Crippen LogP contribution in [0.5, 0.6) is 0 Å². The van der Waals surface area contributed by atoms with E-state index in [2.05, 4.69) is 0 Å². The summed E-state index contributed by atoms with van der Waals surface area (Å²) in [5.74, 6) is -2.24. The fourth-order valence-electron chi connectivity index (χ4n) is 0.631. The van der Waals surface area contributed by atoms with Gasteiger partial charge in [-0.05, 0) is 6.92 Å². The van der Waals surface area contributed by atoms with Crippen molar-refractivity contribution in [3.8, 4) is 0 Å². The number of hydroxylamine groups is 2. The number of carboxylic acid groups (broad SMARTS) is 2. The van der Waals surface area contributed by atoms with Gasteiger partial charge in [0.2, 0.25) is 0 Å². The highest BCUT2D eigenvalue weighted by atomic mass is 16.7. The molecule has 0 saturated carbocycles. The van der Waals surface area contributed by atoms with Crippen LogP contribution in [0.4, 0.5) is 0 Å². The molecule has 0 spiro atoms. The van der Waals surface area contributed by atoms with E-state index in [0.29, 0.717) is 0 Å². The van der Waals surface area contributed by atoms with Gasteiger partial charge in [-0.3, -0.25) is 14.4 Å². The zero-order valence-corrected chi connectivity index (χ0v) is 6.69. The second kappa shape index (κ2) is 5.50. The van der Waals surface area contributed by atoms with Crippen molar-refractivity contribution in [2.45, 2.75) is 6.92 Å². The Kier molecular flexibility index (Phi) is 4.98. The Morgan fingerprint density at radius 2 is 1.67 bits per heavy atom. The van der Waals surface area contributed by atoms with Crippen LogP contribution in [0.2, 0.25) is 0 Å². The summed E-state index contributed by atoms with van der Waals surface area (Å²) in [5, 5.41) is 17.5. The fourth-order valence-corrected chi connectivity index (χ4v) is 0.631. The average molecular weight is 177 g/mol. The Balaban J connectivity index is 3.85. The highest BCUT2D eigenvalue weighted by molar-refractivity contribution is 5.72. The molecule has 6 nitrogen and oxygen atoms in total. The average Bonchev–Trinajstić information content (AvgIpc) is 1.84. The molecule has 0 atom stereocenters. The predicted octanol–water partition coefficient (Wildman–Crippen LogP) is -0.591. The molecule has 0 aliphatic rings. The zero-order chi connectivity index (χ0) is 9.56. The van der Waals surface area contributed by atoms with Gasteiger partial charge in [0.25, 0.3) is 0 Å². The molecule has 0 aliphatic heterocycles. The zero-order valence-electron chi connectivity index (χ0n) is 6.69. The molecule has 0 radical (unpaired) electrons. The van der Waals surface area contributed by atoms with E-state index in [1.54, 1.807) is 6.92 Å². The van der Waals surface area contributed by atoms with Gasteiger partial charge in [-0.2, -0.15) is 5.06 Å². The summed E-state index contributed by atoms with van der Waals surface area (Å²) in [6.07, 6.45) is 0. The van der Waals surface area contributed by atoms with E-state index in [0.717, 1.165) is 5.06 Å². The topological polar surface area (TPSA) is 87.1 Å². The highest BCUT2D eigenvalue weighted by Crippen LogP contribution is 1.89. The van der Waals surface area contributed by atoms with Crippen molar-refractivity contribution < 1.29 is 24.6 Å². The number of hydrogen-bond donors (Lipinski definition) is 2. The number of aliphatic carboxylic acids is 2. The molecule has 0 unspecified atom stereocenters. The smallest absolute Gasteiger partial charge is 0.320 e. The summed E-state index contributed by atoms with van der Waals surface area (Å²) in [6, 6.07) is 0. The van der Waals surface area contributed by atoms with E-state index >= 15 is 0 Å². The molecule has 70 valence electrons. The summed E-state index contributed by atoms with van der Waals surface area (Å²) in [6.45, 7) is 1.04.